The van der Waals surface area contributed by atoms with Crippen LogP contribution in [0.4, 0.5) is 0 Å². The second kappa shape index (κ2) is 5.33. The predicted octanol–water partition coefficient (Wildman–Crippen LogP) is 2.48. The minimum Gasteiger partial charge on any atom is -0.326 e. The molecule has 0 radical (unpaired) electrons. The van der Waals surface area contributed by atoms with Crippen LogP contribution in [0, 0.1) is 5.92 Å². The van der Waals surface area contributed by atoms with Gasteiger partial charge in [-0.15, -0.1) is 0 Å². The molecule has 0 aromatic carbocycles. The Morgan fingerprint density at radius 3 is 2.89 bits per heavy atom. The first-order valence-corrected chi connectivity index (χ1v) is 7.75. The molecule has 0 bridgehead atoms. The molecule has 3 heterocycles. The number of nitrogens with two attached hydrogens (primary N) is 1. The van der Waals surface area contributed by atoms with E-state index < -0.39 is 0 Å². The zero-order chi connectivity index (χ0) is 12.4. The van der Waals surface area contributed by atoms with E-state index in [1.165, 1.54) is 30.0 Å². The predicted molar refractivity (Wildman–Crippen MR) is 76.8 cm³/mol. The van der Waals surface area contributed by atoms with E-state index in [4.69, 9.17) is 10.7 Å². The van der Waals surface area contributed by atoms with Crippen molar-refractivity contribution in [2.45, 2.75) is 25.8 Å². The third-order valence-corrected chi connectivity index (χ3v) is 4.69. The largest absolute Gasteiger partial charge is 0.326 e. The fourth-order valence-electron chi connectivity index (χ4n) is 2.56. The quantitative estimate of drug-likeness (QED) is 0.923. The third kappa shape index (κ3) is 2.54. The molecule has 2 N–H and O–H groups in total. The first kappa shape index (κ1) is 12.1. The molecule has 0 atom stereocenters. The average molecular weight is 261 g/mol. The second-order valence-corrected chi connectivity index (χ2v) is 6.22. The van der Waals surface area contributed by atoms with Gasteiger partial charge in [0.25, 0.3) is 0 Å². The van der Waals surface area contributed by atoms with E-state index in [-0.39, 0.29) is 0 Å². The summed E-state index contributed by atoms with van der Waals surface area (Å²) in [7, 11) is 0. The summed E-state index contributed by atoms with van der Waals surface area (Å²) in [5.74, 6) is 3.45. The molecule has 3 nitrogen and oxygen atoms in total. The van der Waals surface area contributed by atoms with E-state index in [9.17, 15) is 0 Å². The normalized spacial score (nSPS) is 17.4. The van der Waals surface area contributed by atoms with Crippen molar-refractivity contribution in [2.75, 3.05) is 11.5 Å². The summed E-state index contributed by atoms with van der Waals surface area (Å²) in [6.45, 7) is 0.587. The van der Waals surface area contributed by atoms with Crippen LogP contribution < -0.4 is 5.73 Å². The van der Waals surface area contributed by atoms with Crippen LogP contribution in [0.2, 0.25) is 0 Å². The number of hydrogen-bond acceptors (Lipinski definition) is 3. The van der Waals surface area contributed by atoms with Gasteiger partial charge in [-0.1, -0.05) is 6.07 Å². The SMILES string of the molecule is NCc1ccc2nc(CC3CCSCC3)cn2c1. The number of aromatic nitrogens is 2. The highest BCUT2D eigenvalue weighted by atomic mass is 32.2. The molecule has 1 fully saturated rings. The summed E-state index contributed by atoms with van der Waals surface area (Å²) in [5.41, 5.74) is 9.07. The number of nitrogens with zero attached hydrogens (tertiary/aromatic N) is 2. The van der Waals surface area contributed by atoms with E-state index in [2.05, 4.69) is 40.7 Å². The molecular weight excluding hydrogens is 242 g/mol. The Labute approximate surface area is 112 Å². The summed E-state index contributed by atoms with van der Waals surface area (Å²) in [4.78, 5) is 4.70. The van der Waals surface area contributed by atoms with Gasteiger partial charge >= 0.3 is 0 Å². The van der Waals surface area contributed by atoms with Gasteiger partial charge in [-0.05, 0) is 48.3 Å². The van der Waals surface area contributed by atoms with Crippen LogP contribution in [0.5, 0.6) is 0 Å². The zero-order valence-corrected chi connectivity index (χ0v) is 11.3. The van der Waals surface area contributed by atoms with Crippen LogP contribution in [0.3, 0.4) is 0 Å². The van der Waals surface area contributed by atoms with Gasteiger partial charge in [-0.3, -0.25) is 0 Å². The van der Waals surface area contributed by atoms with Gasteiger partial charge in [0.05, 0.1) is 5.69 Å². The van der Waals surface area contributed by atoms with Crippen LogP contribution >= 0.6 is 11.8 Å². The van der Waals surface area contributed by atoms with Crippen molar-refractivity contribution in [1.29, 1.82) is 0 Å². The zero-order valence-electron chi connectivity index (χ0n) is 10.5. The summed E-state index contributed by atoms with van der Waals surface area (Å²) in [5, 5.41) is 0. The fourth-order valence-corrected chi connectivity index (χ4v) is 3.76. The molecule has 1 aliphatic rings. The van der Waals surface area contributed by atoms with Crippen LogP contribution in [0.1, 0.15) is 24.1 Å². The molecule has 0 amide bonds. The monoisotopic (exact) mass is 261 g/mol. The lowest BCUT2D eigenvalue weighted by Crippen LogP contribution is -2.12. The highest BCUT2D eigenvalue weighted by Crippen LogP contribution is 2.25. The Morgan fingerprint density at radius 1 is 1.28 bits per heavy atom. The lowest BCUT2D eigenvalue weighted by molar-refractivity contribution is 0.483. The molecule has 1 aliphatic heterocycles. The van der Waals surface area contributed by atoms with Crippen LogP contribution in [0.25, 0.3) is 5.65 Å². The van der Waals surface area contributed by atoms with E-state index >= 15 is 0 Å². The van der Waals surface area contributed by atoms with Crippen LogP contribution in [-0.2, 0) is 13.0 Å². The van der Waals surface area contributed by atoms with Gasteiger partial charge in [-0.25, -0.2) is 4.98 Å². The molecule has 0 saturated carbocycles. The van der Waals surface area contributed by atoms with Gasteiger partial charge in [0.1, 0.15) is 5.65 Å². The number of imidazole rings is 1. The highest BCUT2D eigenvalue weighted by Gasteiger charge is 2.15. The van der Waals surface area contributed by atoms with E-state index in [1.54, 1.807) is 0 Å². The summed E-state index contributed by atoms with van der Waals surface area (Å²) in [6.07, 6.45) is 8.05. The van der Waals surface area contributed by atoms with Gasteiger partial charge < -0.3 is 10.1 Å². The third-order valence-electron chi connectivity index (χ3n) is 3.64. The lowest BCUT2D eigenvalue weighted by atomic mass is 9.97. The first-order valence-electron chi connectivity index (χ1n) is 6.59. The van der Waals surface area contributed by atoms with Crippen molar-refractivity contribution >= 4 is 17.4 Å². The van der Waals surface area contributed by atoms with Crippen molar-refractivity contribution in [3.05, 3.63) is 35.8 Å². The minimum atomic E-state index is 0.587. The highest BCUT2D eigenvalue weighted by molar-refractivity contribution is 7.99. The molecule has 0 aliphatic carbocycles. The number of thioether (sulfide) groups is 1. The molecule has 1 saturated heterocycles. The molecule has 3 rings (SSSR count). The van der Waals surface area contributed by atoms with Crippen LogP contribution in [-0.4, -0.2) is 20.9 Å². The molecule has 2 aromatic rings. The van der Waals surface area contributed by atoms with E-state index in [0.29, 0.717) is 6.54 Å². The summed E-state index contributed by atoms with van der Waals surface area (Å²) < 4.78 is 2.11. The Hall–Kier alpha value is -1.00. The summed E-state index contributed by atoms with van der Waals surface area (Å²) in [6, 6.07) is 4.12. The topological polar surface area (TPSA) is 43.3 Å². The standard InChI is InChI=1S/C14H19N3S/c15-8-12-1-2-14-16-13(10-17(14)9-12)7-11-3-5-18-6-4-11/h1-2,9-11H,3-8,15H2. The number of rotatable bonds is 3. The lowest BCUT2D eigenvalue weighted by Gasteiger charge is -2.19. The smallest absolute Gasteiger partial charge is 0.136 e. The van der Waals surface area contributed by atoms with Crippen molar-refractivity contribution in [2.24, 2.45) is 11.7 Å². The Balaban J connectivity index is 1.79. The Morgan fingerprint density at radius 2 is 2.11 bits per heavy atom. The van der Waals surface area contributed by atoms with Gasteiger partial charge in [-0.2, -0.15) is 11.8 Å². The molecule has 4 heteroatoms. The van der Waals surface area contributed by atoms with Gasteiger partial charge in [0, 0.05) is 18.9 Å². The second-order valence-electron chi connectivity index (χ2n) is 5.00. The van der Waals surface area contributed by atoms with Crippen molar-refractivity contribution < 1.29 is 0 Å². The number of pyridine rings is 1. The van der Waals surface area contributed by atoms with Crippen molar-refractivity contribution in [1.82, 2.24) is 9.38 Å². The van der Waals surface area contributed by atoms with Gasteiger partial charge in [0.15, 0.2) is 0 Å². The number of hydrogen-bond donors (Lipinski definition) is 1. The van der Waals surface area contributed by atoms with E-state index in [1.807, 2.05) is 0 Å². The molecule has 0 spiro atoms. The number of fused-ring (bicyclic) bond motifs is 1. The minimum absolute atomic E-state index is 0.587. The Bertz CT molecular complexity index is 529. The maximum absolute atomic E-state index is 5.66. The van der Waals surface area contributed by atoms with E-state index in [0.717, 1.165) is 23.5 Å². The average Bonchev–Trinajstić information content (AvgIpc) is 2.80. The van der Waals surface area contributed by atoms with Crippen LogP contribution in [0.15, 0.2) is 24.5 Å². The van der Waals surface area contributed by atoms with Gasteiger partial charge in [0.2, 0.25) is 0 Å². The van der Waals surface area contributed by atoms with Crippen molar-refractivity contribution in [3.8, 4) is 0 Å². The molecule has 18 heavy (non-hydrogen) atoms. The Kier molecular flexibility index (Phi) is 3.57. The molecule has 0 unspecified atom stereocenters. The molecule has 96 valence electrons. The maximum Gasteiger partial charge on any atom is 0.136 e. The first-order chi connectivity index (χ1) is 8.85. The fraction of sp³-hybridized carbons (Fsp3) is 0.500. The molecule has 2 aromatic heterocycles. The maximum atomic E-state index is 5.66. The summed E-state index contributed by atoms with van der Waals surface area (Å²) >= 11 is 2.08. The molecular formula is C14H19N3S. The van der Waals surface area contributed by atoms with Crippen molar-refractivity contribution in [3.63, 3.8) is 0 Å².